The van der Waals surface area contributed by atoms with E-state index < -0.39 is 5.54 Å². The topological polar surface area (TPSA) is 62.3 Å². The van der Waals surface area contributed by atoms with Crippen LogP contribution in [0, 0.1) is 0 Å². The van der Waals surface area contributed by atoms with Crippen molar-refractivity contribution in [2.24, 2.45) is 0 Å². The smallest absolute Gasteiger partial charge is 0.250 e. The fourth-order valence-corrected chi connectivity index (χ4v) is 5.09. The normalized spacial score (nSPS) is 15.5. The lowest BCUT2D eigenvalue weighted by Crippen LogP contribution is -2.58. The summed E-state index contributed by atoms with van der Waals surface area (Å²) in [6, 6.07) is 12.9. The number of nitrogens with one attached hydrogen (secondary N) is 1. The van der Waals surface area contributed by atoms with E-state index in [4.69, 9.17) is 11.6 Å². The van der Waals surface area contributed by atoms with Crippen LogP contribution in [0.2, 0.25) is 5.02 Å². The minimum Gasteiger partial charge on any atom is -0.322 e. The summed E-state index contributed by atoms with van der Waals surface area (Å²) in [4.78, 5) is 31.6. The molecule has 1 N–H and O–H groups in total. The number of carbonyl (C=O) groups is 2. The summed E-state index contributed by atoms with van der Waals surface area (Å²) in [5.41, 5.74) is 1.22. The van der Waals surface area contributed by atoms with Crippen molar-refractivity contribution in [3.8, 4) is 0 Å². The van der Waals surface area contributed by atoms with Crippen LogP contribution in [0.1, 0.15) is 13.8 Å². The second-order valence-electron chi connectivity index (χ2n) is 6.64. The molecule has 0 saturated carbocycles. The average Bonchev–Trinajstić information content (AvgIpc) is 3.02. The minimum absolute atomic E-state index is 0.135. The zero-order valence-corrected chi connectivity index (χ0v) is 17.0. The Morgan fingerprint density at radius 3 is 2.89 bits per heavy atom. The maximum atomic E-state index is 13.0. The van der Waals surface area contributed by atoms with E-state index in [0.717, 1.165) is 14.6 Å². The standard InChI is InChI=1S/C19H16ClN3O2S2/c1-19(2)17(25)21-12-5-3-4-6-14(12)23(19)16(24)10-26-18-22-13-9-11(20)7-8-15(13)27-18/h3-9H,10H2,1-2H3,(H,21,25). The molecule has 0 fully saturated rings. The summed E-state index contributed by atoms with van der Waals surface area (Å²) in [7, 11) is 0. The van der Waals surface area contributed by atoms with Crippen LogP contribution >= 0.6 is 34.7 Å². The van der Waals surface area contributed by atoms with Crippen molar-refractivity contribution < 1.29 is 9.59 Å². The first kappa shape index (κ1) is 18.3. The molecule has 0 atom stereocenters. The summed E-state index contributed by atoms with van der Waals surface area (Å²) in [5.74, 6) is -0.141. The van der Waals surface area contributed by atoms with Gasteiger partial charge in [0.25, 0.3) is 0 Å². The summed E-state index contributed by atoms with van der Waals surface area (Å²) in [6.45, 7) is 3.50. The number of thiazole rings is 1. The molecule has 0 unspecified atom stereocenters. The predicted octanol–water partition coefficient (Wildman–Crippen LogP) is 4.81. The van der Waals surface area contributed by atoms with Gasteiger partial charge in [-0.05, 0) is 44.2 Å². The Labute approximate surface area is 169 Å². The van der Waals surface area contributed by atoms with Crippen LogP contribution in [0.3, 0.4) is 0 Å². The van der Waals surface area contributed by atoms with Crippen LogP contribution in [0.5, 0.6) is 0 Å². The van der Waals surface area contributed by atoms with Crippen LogP contribution in [0.15, 0.2) is 46.8 Å². The zero-order valence-electron chi connectivity index (χ0n) is 14.7. The van der Waals surface area contributed by atoms with Crippen molar-refractivity contribution in [1.82, 2.24) is 4.98 Å². The number of fused-ring (bicyclic) bond motifs is 2. The molecule has 2 amide bonds. The first-order valence-corrected chi connectivity index (χ1v) is 10.5. The summed E-state index contributed by atoms with van der Waals surface area (Å²) in [5, 5.41) is 3.51. The van der Waals surface area contributed by atoms with Gasteiger partial charge in [-0.25, -0.2) is 4.98 Å². The van der Waals surface area contributed by atoms with E-state index in [1.807, 2.05) is 36.4 Å². The highest BCUT2D eigenvalue weighted by Crippen LogP contribution is 2.38. The van der Waals surface area contributed by atoms with E-state index in [1.54, 1.807) is 24.8 Å². The third kappa shape index (κ3) is 3.31. The molecule has 8 heteroatoms. The summed E-state index contributed by atoms with van der Waals surface area (Å²) in [6.07, 6.45) is 0. The third-order valence-corrected chi connectivity index (χ3v) is 6.81. The van der Waals surface area contributed by atoms with Gasteiger partial charge in [-0.3, -0.25) is 14.5 Å². The lowest BCUT2D eigenvalue weighted by atomic mass is 9.96. The fraction of sp³-hybridized carbons (Fsp3) is 0.211. The van der Waals surface area contributed by atoms with E-state index in [9.17, 15) is 9.59 Å². The van der Waals surface area contributed by atoms with E-state index in [-0.39, 0.29) is 17.6 Å². The SMILES string of the molecule is CC1(C)C(=O)Nc2ccccc2N1C(=O)CSc1nc2cc(Cl)ccc2s1. The molecule has 0 saturated heterocycles. The number of anilines is 2. The molecule has 0 aliphatic carbocycles. The van der Waals surface area contributed by atoms with E-state index in [0.29, 0.717) is 16.4 Å². The Kier molecular flexibility index (Phi) is 4.61. The van der Waals surface area contributed by atoms with Gasteiger partial charge in [0.15, 0.2) is 4.34 Å². The van der Waals surface area contributed by atoms with Gasteiger partial charge < -0.3 is 5.32 Å². The number of carbonyl (C=O) groups excluding carboxylic acids is 2. The molecule has 0 bridgehead atoms. The number of aromatic nitrogens is 1. The Hall–Kier alpha value is -2.09. The average molecular weight is 418 g/mol. The van der Waals surface area contributed by atoms with Crippen molar-refractivity contribution in [1.29, 1.82) is 0 Å². The predicted molar refractivity (Wildman–Crippen MR) is 112 cm³/mol. The number of benzene rings is 2. The van der Waals surface area contributed by atoms with Crippen LogP contribution in [-0.4, -0.2) is 28.1 Å². The summed E-state index contributed by atoms with van der Waals surface area (Å²) >= 11 is 8.90. The van der Waals surface area contributed by atoms with Crippen molar-refractivity contribution in [3.63, 3.8) is 0 Å². The first-order chi connectivity index (χ1) is 12.9. The molecule has 0 radical (unpaired) electrons. The number of thioether (sulfide) groups is 1. The highest BCUT2D eigenvalue weighted by atomic mass is 35.5. The maximum absolute atomic E-state index is 13.0. The van der Waals surface area contributed by atoms with Crippen LogP contribution in [0.25, 0.3) is 10.2 Å². The van der Waals surface area contributed by atoms with Gasteiger partial charge in [0.2, 0.25) is 11.8 Å². The molecule has 1 aromatic heterocycles. The first-order valence-electron chi connectivity index (χ1n) is 8.29. The van der Waals surface area contributed by atoms with Crippen molar-refractivity contribution in [3.05, 3.63) is 47.5 Å². The molecule has 5 nitrogen and oxygen atoms in total. The fourth-order valence-electron chi connectivity index (χ4n) is 3.03. The van der Waals surface area contributed by atoms with Crippen molar-refractivity contribution in [2.75, 3.05) is 16.0 Å². The van der Waals surface area contributed by atoms with E-state index in [1.165, 1.54) is 23.1 Å². The molecule has 138 valence electrons. The lowest BCUT2D eigenvalue weighted by Gasteiger charge is -2.42. The van der Waals surface area contributed by atoms with Gasteiger partial charge in [-0.2, -0.15) is 0 Å². The Morgan fingerprint density at radius 1 is 1.30 bits per heavy atom. The van der Waals surface area contributed by atoms with Crippen LogP contribution < -0.4 is 10.2 Å². The molecular formula is C19H16ClN3O2S2. The molecular weight excluding hydrogens is 402 g/mol. The number of para-hydroxylation sites is 2. The Morgan fingerprint density at radius 2 is 2.07 bits per heavy atom. The van der Waals surface area contributed by atoms with Gasteiger partial charge >= 0.3 is 0 Å². The molecule has 1 aliphatic rings. The Balaban J connectivity index is 1.58. The van der Waals surface area contributed by atoms with Crippen molar-refractivity contribution >= 4 is 68.1 Å². The minimum atomic E-state index is -0.965. The third-order valence-electron chi connectivity index (χ3n) is 4.41. The highest BCUT2D eigenvalue weighted by molar-refractivity contribution is 8.01. The maximum Gasteiger partial charge on any atom is 0.250 e. The molecule has 2 aromatic carbocycles. The summed E-state index contributed by atoms with van der Waals surface area (Å²) < 4.78 is 1.82. The second kappa shape index (κ2) is 6.82. The molecule has 2 heterocycles. The molecule has 1 aliphatic heterocycles. The highest BCUT2D eigenvalue weighted by Gasteiger charge is 2.43. The van der Waals surface area contributed by atoms with E-state index >= 15 is 0 Å². The van der Waals surface area contributed by atoms with Crippen LogP contribution in [0.4, 0.5) is 11.4 Å². The number of rotatable bonds is 3. The number of amides is 2. The number of hydrogen-bond acceptors (Lipinski definition) is 5. The van der Waals surface area contributed by atoms with Crippen molar-refractivity contribution in [2.45, 2.75) is 23.7 Å². The van der Waals surface area contributed by atoms with Gasteiger partial charge in [0, 0.05) is 5.02 Å². The van der Waals surface area contributed by atoms with Gasteiger partial charge in [-0.1, -0.05) is 35.5 Å². The lowest BCUT2D eigenvalue weighted by molar-refractivity contribution is -0.125. The largest absolute Gasteiger partial charge is 0.322 e. The molecule has 3 aromatic rings. The van der Waals surface area contributed by atoms with Gasteiger partial charge in [-0.15, -0.1) is 11.3 Å². The number of hydrogen-bond donors (Lipinski definition) is 1. The molecule has 0 spiro atoms. The number of halogens is 1. The molecule has 27 heavy (non-hydrogen) atoms. The number of nitrogens with zero attached hydrogens (tertiary/aromatic N) is 2. The Bertz CT molecular complexity index is 1060. The van der Waals surface area contributed by atoms with Gasteiger partial charge in [0.05, 0.1) is 27.3 Å². The molecule has 4 rings (SSSR count). The second-order valence-corrected chi connectivity index (χ2v) is 9.33. The monoisotopic (exact) mass is 417 g/mol. The van der Waals surface area contributed by atoms with Gasteiger partial charge in [0.1, 0.15) is 5.54 Å². The zero-order chi connectivity index (χ0) is 19.2. The van der Waals surface area contributed by atoms with E-state index in [2.05, 4.69) is 10.3 Å². The quantitative estimate of drug-likeness (QED) is 0.621. The van der Waals surface area contributed by atoms with Crippen LogP contribution in [-0.2, 0) is 9.59 Å².